The summed E-state index contributed by atoms with van der Waals surface area (Å²) in [6, 6.07) is 0. The molecule has 0 aromatic carbocycles. The van der Waals surface area contributed by atoms with Gasteiger partial charge in [0.25, 0.3) is 0 Å². The summed E-state index contributed by atoms with van der Waals surface area (Å²) in [5, 5.41) is 0. The number of likely N-dealkylation sites (N-methyl/N-ethyl adjacent to an activating group) is 1. The molecule has 0 bridgehead atoms. The summed E-state index contributed by atoms with van der Waals surface area (Å²) in [6.45, 7) is 4.17. The maximum Gasteiger partial charge on any atom is 0.472 e. The van der Waals surface area contributed by atoms with Crippen LogP contribution in [0.4, 0.5) is 0 Å². The number of hydrogen-bond donors (Lipinski definition) is 1. The molecule has 10 heteroatoms. The van der Waals surface area contributed by atoms with Crippen LogP contribution >= 0.6 is 7.82 Å². The number of hydrogen-bond acceptors (Lipinski definition) is 8. The highest BCUT2D eigenvalue weighted by molar-refractivity contribution is 7.47. The second kappa shape index (κ2) is 34.7. The van der Waals surface area contributed by atoms with Crippen LogP contribution in [0.2, 0.25) is 0 Å². The number of nitrogens with zero attached hydrogens (tertiary/aromatic N) is 1. The highest BCUT2D eigenvalue weighted by atomic mass is 31.2. The lowest BCUT2D eigenvalue weighted by atomic mass is 10.1. The molecule has 0 fully saturated rings. The van der Waals surface area contributed by atoms with Crippen LogP contribution in [-0.2, 0) is 32.7 Å². The molecule has 0 rings (SSSR count). The first-order valence-electron chi connectivity index (χ1n) is 19.3. The average Bonchev–Trinajstić information content (AvgIpc) is 3.06. The van der Waals surface area contributed by atoms with Crippen molar-refractivity contribution in [2.24, 2.45) is 0 Å². The van der Waals surface area contributed by atoms with Crippen molar-refractivity contribution in [2.45, 2.75) is 161 Å². The van der Waals surface area contributed by atoms with E-state index in [0.717, 1.165) is 70.6 Å². The molecule has 2 atom stereocenters. The first-order chi connectivity index (χ1) is 23.7. The van der Waals surface area contributed by atoms with Crippen LogP contribution in [0, 0.1) is 0 Å². The highest BCUT2D eigenvalue weighted by Crippen LogP contribution is 2.43. The topological polar surface area (TPSA) is 112 Å². The van der Waals surface area contributed by atoms with Crippen molar-refractivity contribution in [1.82, 2.24) is 4.90 Å². The van der Waals surface area contributed by atoms with Gasteiger partial charge in [0.1, 0.15) is 6.61 Å². The van der Waals surface area contributed by atoms with E-state index in [2.05, 4.69) is 50.3 Å². The minimum atomic E-state index is -4.36. The predicted molar refractivity (Wildman–Crippen MR) is 201 cm³/mol. The number of carbonyl (C=O) groups is 2. The normalized spacial score (nSPS) is 13.9. The Morgan fingerprint density at radius 2 is 1.16 bits per heavy atom. The Hall–Kier alpha value is -1.77. The lowest BCUT2D eigenvalue weighted by molar-refractivity contribution is -0.161. The van der Waals surface area contributed by atoms with Crippen molar-refractivity contribution in [3.8, 4) is 0 Å². The molecule has 49 heavy (non-hydrogen) atoms. The van der Waals surface area contributed by atoms with E-state index in [1.807, 2.05) is 19.0 Å². The van der Waals surface area contributed by atoms with Crippen molar-refractivity contribution < 1.29 is 37.6 Å². The second-order valence-electron chi connectivity index (χ2n) is 13.1. The van der Waals surface area contributed by atoms with E-state index in [1.54, 1.807) is 0 Å². The fourth-order valence-corrected chi connectivity index (χ4v) is 5.74. The molecule has 0 saturated carbocycles. The lowest BCUT2D eigenvalue weighted by Gasteiger charge is -2.20. The zero-order valence-electron chi connectivity index (χ0n) is 31.6. The van der Waals surface area contributed by atoms with E-state index >= 15 is 0 Å². The molecule has 0 aromatic heterocycles. The van der Waals surface area contributed by atoms with Crippen LogP contribution in [0.25, 0.3) is 0 Å². The van der Waals surface area contributed by atoms with Crippen molar-refractivity contribution >= 4 is 19.8 Å². The molecule has 0 aliphatic heterocycles. The summed E-state index contributed by atoms with van der Waals surface area (Å²) in [6.07, 6.45) is 34.7. The van der Waals surface area contributed by atoms with Gasteiger partial charge in [-0.2, -0.15) is 0 Å². The smallest absolute Gasteiger partial charge is 0.462 e. The van der Waals surface area contributed by atoms with Gasteiger partial charge >= 0.3 is 19.8 Å². The number of ether oxygens (including phenoxy) is 2. The standard InChI is InChI=1S/C39H72NO8P/c1-5-7-9-11-13-15-17-18-19-20-22-23-25-27-29-31-38(41)45-35-37(36-47-49(43,44)46-34-33-40(3)4)48-39(42)32-30-28-26-24-21-16-14-12-10-8-6-2/h7,9,13,15,18-19,37H,5-6,8,10-12,14,16-17,20-36H2,1-4H3,(H,43,44)/b9-7-,15-13-,19-18-. The largest absolute Gasteiger partial charge is 0.472 e. The van der Waals surface area contributed by atoms with E-state index < -0.39 is 26.5 Å². The van der Waals surface area contributed by atoms with E-state index in [4.69, 9.17) is 18.5 Å². The molecule has 0 aromatic rings. The summed E-state index contributed by atoms with van der Waals surface area (Å²) in [7, 11) is -0.717. The first-order valence-corrected chi connectivity index (χ1v) is 20.8. The van der Waals surface area contributed by atoms with Crippen LogP contribution in [-0.4, -0.2) is 68.3 Å². The molecule has 0 amide bonds. The number of rotatable bonds is 35. The van der Waals surface area contributed by atoms with Gasteiger partial charge in [-0.05, 0) is 59.0 Å². The molecule has 2 unspecified atom stereocenters. The molecule has 9 nitrogen and oxygen atoms in total. The Morgan fingerprint density at radius 3 is 1.73 bits per heavy atom. The summed E-state index contributed by atoms with van der Waals surface area (Å²) in [5.41, 5.74) is 0. The summed E-state index contributed by atoms with van der Waals surface area (Å²) < 4.78 is 33.3. The van der Waals surface area contributed by atoms with Crippen LogP contribution in [0.1, 0.15) is 155 Å². The number of carbonyl (C=O) groups excluding carboxylic acids is 2. The SMILES string of the molecule is CC/C=C\C/C=C\C/C=C\CCCCCCCC(=O)OCC(COP(=O)(O)OCCN(C)C)OC(=O)CCCCCCCCCCCCC. The van der Waals surface area contributed by atoms with Crippen molar-refractivity contribution in [3.63, 3.8) is 0 Å². The number of phosphoric ester groups is 1. The van der Waals surface area contributed by atoms with Gasteiger partial charge in [-0.3, -0.25) is 18.6 Å². The van der Waals surface area contributed by atoms with Gasteiger partial charge in [0.2, 0.25) is 0 Å². The van der Waals surface area contributed by atoms with Gasteiger partial charge in [-0.1, -0.05) is 134 Å². The van der Waals surface area contributed by atoms with E-state index in [-0.39, 0.29) is 32.0 Å². The van der Waals surface area contributed by atoms with Gasteiger partial charge < -0.3 is 19.3 Å². The third-order valence-corrected chi connectivity index (χ3v) is 8.95. The molecule has 0 spiro atoms. The van der Waals surface area contributed by atoms with Crippen molar-refractivity contribution in [2.75, 3.05) is 40.5 Å². The summed E-state index contributed by atoms with van der Waals surface area (Å²) in [5.74, 6) is -0.824. The molecule has 0 heterocycles. The van der Waals surface area contributed by atoms with Gasteiger partial charge in [-0.25, -0.2) is 4.57 Å². The van der Waals surface area contributed by atoms with E-state index in [0.29, 0.717) is 13.0 Å². The Labute approximate surface area is 299 Å². The molecule has 286 valence electrons. The van der Waals surface area contributed by atoms with Crippen molar-refractivity contribution in [3.05, 3.63) is 36.5 Å². The molecule has 0 aliphatic rings. The van der Waals surface area contributed by atoms with Crippen LogP contribution in [0.5, 0.6) is 0 Å². The predicted octanol–water partition coefficient (Wildman–Crippen LogP) is 10.4. The zero-order valence-corrected chi connectivity index (χ0v) is 32.5. The maximum atomic E-state index is 12.6. The van der Waals surface area contributed by atoms with E-state index in [9.17, 15) is 19.0 Å². The quantitative estimate of drug-likeness (QED) is 0.0297. The van der Waals surface area contributed by atoms with Crippen LogP contribution in [0.3, 0.4) is 0 Å². The Bertz CT molecular complexity index is 921. The van der Waals surface area contributed by atoms with Gasteiger partial charge in [0.15, 0.2) is 6.10 Å². The van der Waals surface area contributed by atoms with Gasteiger partial charge in [-0.15, -0.1) is 0 Å². The number of allylic oxidation sites excluding steroid dienone is 6. The van der Waals surface area contributed by atoms with Crippen LogP contribution < -0.4 is 0 Å². The Kier molecular flexibility index (Phi) is 33.4. The summed E-state index contributed by atoms with van der Waals surface area (Å²) >= 11 is 0. The minimum absolute atomic E-state index is 0.00476. The van der Waals surface area contributed by atoms with E-state index in [1.165, 1.54) is 51.4 Å². The lowest BCUT2D eigenvalue weighted by Crippen LogP contribution is -2.29. The maximum absolute atomic E-state index is 12.6. The highest BCUT2D eigenvalue weighted by Gasteiger charge is 2.26. The minimum Gasteiger partial charge on any atom is -0.462 e. The molecule has 0 aliphatic carbocycles. The van der Waals surface area contributed by atoms with Gasteiger partial charge in [0, 0.05) is 19.4 Å². The Balaban J connectivity index is 4.37. The summed E-state index contributed by atoms with van der Waals surface area (Å²) in [4.78, 5) is 36.8. The second-order valence-corrected chi connectivity index (χ2v) is 14.5. The average molecular weight is 714 g/mol. The molecule has 0 radical (unpaired) electrons. The molecular weight excluding hydrogens is 641 g/mol. The number of phosphoric acid groups is 1. The molecule has 1 N–H and O–H groups in total. The zero-order chi connectivity index (χ0) is 36.3. The molecular formula is C39H72NO8P. The number of unbranched alkanes of at least 4 members (excludes halogenated alkanes) is 15. The molecule has 0 saturated heterocycles. The fourth-order valence-electron chi connectivity index (χ4n) is 4.99. The van der Waals surface area contributed by atoms with Crippen LogP contribution in [0.15, 0.2) is 36.5 Å². The van der Waals surface area contributed by atoms with Gasteiger partial charge in [0.05, 0.1) is 13.2 Å². The third-order valence-electron chi connectivity index (χ3n) is 7.96. The number of esters is 2. The Morgan fingerprint density at radius 1 is 0.653 bits per heavy atom. The first kappa shape index (κ1) is 47.2. The van der Waals surface area contributed by atoms with Crippen molar-refractivity contribution in [1.29, 1.82) is 0 Å². The fraction of sp³-hybridized carbons (Fsp3) is 0.795. The monoisotopic (exact) mass is 713 g/mol. The third kappa shape index (κ3) is 35.8.